The molecule has 0 amide bonds. The average molecular weight is 422 g/mol. The number of rotatable bonds is 6. The van der Waals surface area contributed by atoms with Crippen molar-refractivity contribution in [2.75, 3.05) is 16.8 Å². The lowest BCUT2D eigenvalue weighted by molar-refractivity contribution is 0.843. The van der Waals surface area contributed by atoms with Crippen molar-refractivity contribution in [2.24, 2.45) is 0 Å². The second-order valence-electron chi connectivity index (χ2n) is 6.27. The lowest BCUT2D eigenvalue weighted by Crippen LogP contribution is -2.29. The maximum Gasteiger partial charge on any atom is 0.232 e. The number of nitrogens with one attached hydrogen (secondary N) is 2. The number of hydrogen-bond donors (Lipinski definition) is 2. The van der Waals surface area contributed by atoms with Crippen LogP contribution in [0.3, 0.4) is 0 Å². The molecule has 2 N–H and O–H groups in total. The third-order valence-corrected chi connectivity index (χ3v) is 5.28. The van der Waals surface area contributed by atoms with Crippen molar-refractivity contribution in [3.05, 3.63) is 72.6 Å². The van der Waals surface area contributed by atoms with Crippen molar-refractivity contribution in [1.82, 2.24) is 25.3 Å². The first-order chi connectivity index (χ1) is 14.2. The number of nitrogens with zero attached hydrogens (tertiary/aromatic N) is 5. The van der Waals surface area contributed by atoms with Gasteiger partial charge in [-0.25, -0.2) is 15.0 Å². The number of aromatic nitrogens is 4. The van der Waals surface area contributed by atoms with Crippen molar-refractivity contribution in [3.8, 4) is 0 Å². The summed E-state index contributed by atoms with van der Waals surface area (Å²) in [6.45, 7) is 5.85. The van der Waals surface area contributed by atoms with Gasteiger partial charge in [-0.15, -0.1) is 6.58 Å². The monoisotopic (exact) mass is 421 g/mol. The molecule has 9 heteroatoms. The number of hydrogen-bond acceptors (Lipinski definition) is 7. The Morgan fingerprint density at radius 3 is 2.55 bits per heavy atom. The van der Waals surface area contributed by atoms with E-state index in [1.807, 2.05) is 6.07 Å². The number of fused-ring (bicyclic) bond motifs is 1. The summed E-state index contributed by atoms with van der Waals surface area (Å²) in [5, 5.41) is 7.90. The molecule has 4 rings (SSSR count). The van der Waals surface area contributed by atoms with Crippen molar-refractivity contribution in [3.63, 3.8) is 0 Å². The van der Waals surface area contributed by atoms with Crippen molar-refractivity contribution >= 4 is 40.9 Å². The number of benzene rings is 1. The van der Waals surface area contributed by atoms with Gasteiger partial charge in [-0.3, -0.25) is 0 Å². The average Bonchev–Trinajstić information content (AvgIpc) is 3.17. The first-order valence-corrected chi connectivity index (χ1v) is 10.2. The molecule has 1 aliphatic heterocycles. The van der Waals surface area contributed by atoms with Crippen LogP contribution in [0.4, 0.5) is 11.8 Å². The fourth-order valence-electron chi connectivity index (χ4n) is 2.92. The van der Waals surface area contributed by atoms with Crippen LogP contribution in [0, 0.1) is 0 Å². The van der Waals surface area contributed by atoms with E-state index >= 15 is 0 Å². The zero-order chi connectivity index (χ0) is 20.1. The highest BCUT2D eigenvalue weighted by Crippen LogP contribution is 2.31. The summed E-state index contributed by atoms with van der Waals surface area (Å²) in [4.78, 5) is 20.0. The van der Waals surface area contributed by atoms with Gasteiger partial charge in [0, 0.05) is 38.1 Å². The molecular formula is C20H19N7S2. The van der Waals surface area contributed by atoms with Crippen LogP contribution in [0.15, 0.2) is 71.6 Å². The highest BCUT2D eigenvalue weighted by molar-refractivity contribution is 7.99. The Hall–Kier alpha value is -3.04. The summed E-state index contributed by atoms with van der Waals surface area (Å²) in [7, 11) is 0. The minimum Gasteiger partial charge on any atom is -0.359 e. The molecule has 0 unspecified atom stereocenters. The minimum atomic E-state index is 0.429. The lowest BCUT2D eigenvalue weighted by atomic mass is 10.1. The second-order valence-corrected chi connectivity index (χ2v) is 7.67. The van der Waals surface area contributed by atoms with Crippen LogP contribution in [0.2, 0.25) is 0 Å². The van der Waals surface area contributed by atoms with E-state index < -0.39 is 0 Å². The zero-order valence-electron chi connectivity index (χ0n) is 15.6. The van der Waals surface area contributed by atoms with Gasteiger partial charge in [0.25, 0.3) is 0 Å². The van der Waals surface area contributed by atoms with Crippen LogP contribution >= 0.6 is 24.0 Å². The molecule has 0 atom stereocenters. The molecule has 0 saturated carbocycles. The van der Waals surface area contributed by atoms with E-state index in [0.717, 1.165) is 23.9 Å². The SMILES string of the molecule is C=CCNC(=S)Nc1nc(Sc2ncccn2)cc(N2Cc3ccccc3C2)n1. The Balaban J connectivity index is 1.61. The van der Waals surface area contributed by atoms with Crippen LogP contribution in [0.5, 0.6) is 0 Å². The molecule has 0 spiro atoms. The van der Waals surface area contributed by atoms with Crippen LogP contribution in [0.25, 0.3) is 0 Å². The van der Waals surface area contributed by atoms with Gasteiger partial charge in [-0.1, -0.05) is 30.3 Å². The predicted octanol–water partition coefficient (Wildman–Crippen LogP) is 3.41. The molecule has 1 aromatic carbocycles. The van der Waals surface area contributed by atoms with Crippen molar-refractivity contribution < 1.29 is 0 Å². The first kappa shape index (κ1) is 19.3. The Bertz CT molecular complexity index is 1000. The minimum absolute atomic E-state index is 0.429. The summed E-state index contributed by atoms with van der Waals surface area (Å²) in [5.74, 6) is 1.25. The van der Waals surface area contributed by atoms with Crippen LogP contribution in [-0.2, 0) is 13.1 Å². The van der Waals surface area contributed by atoms with Crippen LogP contribution in [-0.4, -0.2) is 31.6 Å². The Morgan fingerprint density at radius 1 is 1.14 bits per heavy atom. The standard InChI is InChI=1S/C20H19N7S2/c1-2-8-21-19(28)26-18-24-16(27-12-14-6-3-4-7-15(14)13-27)11-17(25-18)29-20-22-9-5-10-23-20/h2-7,9-11H,1,8,12-13H2,(H2,21,24,25,26,28). The van der Waals surface area contributed by atoms with Crippen LogP contribution in [0.1, 0.15) is 11.1 Å². The smallest absolute Gasteiger partial charge is 0.232 e. The maximum atomic E-state index is 5.31. The van der Waals surface area contributed by atoms with Crippen LogP contribution < -0.4 is 15.5 Å². The van der Waals surface area contributed by atoms with E-state index in [2.05, 4.69) is 66.3 Å². The Kier molecular flexibility index (Phi) is 5.97. The molecule has 146 valence electrons. The van der Waals surface area contributed by atoms with Gasteiger partial charge < -0.3 is 15.5 Å². The Morgan fingerprint density at radius 2 is 1.86 bits per heavy atom. The molecule has 1 aliphatic rings. The van der Waals surface area contributed by atoms with Crippen molar-refractivity contribution in [1.29, 1.82) is 0 Å². The fraction of sp³-hybridized carbons (Fsp3) is 0.150. The topological polar surface area (TPSA) is 78.9 Å². The van der Waals surface area contributed by atoms with Crippen molar-refractivity contribution in [2.45, 2.75) is 23.3 Å². The maximum absolute atomic E-state index is 5.31. The summed E-state index contributed by atoms with van der Waals surface area (Å²) >= 11 is 6.70. The molecule has 3 heterocycles. The zero-order valence-corrected chi connectivity index (χ0v) is 17.2. The van der Waals surface area contributed by atoms with Gasteiger partial charge in [0.1, 0.15) is 10.8 Å². The molecular weight excluding hydrogens is 402 g/mol. The molecule has 2 aromatic heterocycles. The molecule has 29 heavy (non-hydrogen) atoms. The van der Waals surface area contributed by atoms with E-state index in [4.69, 9.17) is 12.2 Å². The normalized spacial score (nSPS) is 12.3. The summed E-state index contributed by atoms with van der Waals surface area (Å²) in [6, 6.07) is 12.2. The molecule has 0 radical (unpaired) electrons. The number of anilines is 2. The summed E-state index contributed by atoms with van der Waals surface area (Å²) in [6.07, 6.45) is 5.16. The van der Waals surface area contributed by atoms with Gasteiger partial charge >= 0.3 is 0 Å². The van der Waals surface area contributed by atoms with Gasteiger partial charge in [0.2, 0.25) is 5.95 Å². The Labute approximate surface area is 178 Å². The second kappa shape index (κ2) is 8.97. The van der Waals surface area contributed by atoms with E-state index in [9.17, 15) is 0 Å². The van der Waals surface area contributed by atoms with Gasteiger partial charge in [0.15, 0.2) is 10.3 Å². The lowest BCUT2D eigenvalue weighted by Gasteiger charge is -2.18. The highest BCUT2D eigenvalue weighted by atomic mass is 32.2. The third kappa shape index (κ3) is 4.87. The molecule has 0 saturated heterocycles. The van der Waals surface area contributed by atoms with E-state index in [1.165, 1.54) is 22.9 Å². The third-order valence-electron chi connectivity index (χ3n) is 4.22. The predicted molar refractivity (Wildman–Crippen MR) is 119 cm³/mol. The van der Waals surface area contributed by atoms with E-state index in [1.54, 1.807) is 24.5 Å². The molecule has 0 fully saturated rings. The molecule has 3 aromatic rings. The summed E-state index contributed by atoms with van der Waals surface area (Å²) in [5.41, 5.74) is 2.62. The first-order valence-electron chi connectivity index (χ1n) is 9.02. The quantitative estimate of drug-likeness (QED) is 0.269. The largest absolute Gasteiger partial charge is 0.359 e. The molecule has 7 nitrogen and oxygen atoms in total. The fourth-order valence-corrected chi connectivity index (χ4v) is 3.81. The number of thiocarbonyl (C=S) groups is 1. The molecule has 0 bridgehead atoms. The van der Waals surface area contributed by atoms with Gasteiger partial charge in [-0.2, -0.15) is 4.98 Å². The summed E-state index contributed by atoms with van der Waals surface area (Å²) < 4.78 is 0. The van der Waals surface area contributed by atoms with Gasteiger partial charge in [0.05, 0.1) is 0 Å². The highest BCUT2D eigenvalue weighted by Gasteiger charge is 2.21. The van der Waals surface area contributed by atoms with E-state index in [0.29, 0.717) is 22.8 Å². The van der Waals surface area contributed by atoms with E-state index in [-0.39, 0.29) is 0 Å². The molecule has 0 aliphatic carbocycles. The van der Waals surface area contributed by atoms with Gasteiger partial charge in [-0.05, 0) is 41.2 Å².